The number of carbonyl (C=O) groups is 2. The Kier molecular flexibility index (Phi) is 3.91. The smallest absolute Gasteiger partial charge is 0.316 e. The fourth-order valence-corrected chi connectivity index (χ4v) is 2.65. The first kappa shape index (κ1) is 17.1. The molecule has 0 radical (unpaired) electrons. The molecule has 2 heterocycles. The molecule has 0 aliphatic carbocycles. The van der Waals surface area contributed by atoms with E-state index in [9.17, 15) is 9.59 Å². The van der Waals surface area contributed by atoms with Gasteiger partial charge in [-0.25, -0.2) is 0 Å². The van der Waals surface area contributed by atoms with E-state index < -0.39 is 5.41 Å². The Morgan fingerprint density at radius 3 is 2.59 bits per heavy atom. The number of rotatable bonds is 2. The predicted octanol–water partition coefficient (Wildman–Crippen LogP) is 3.98. The Bertz CT molecular complexity index is 981. The van der Waals surface area contributed by atoms with Crippen molar-refractivity contribution in [2.24, 2.45) is 5.41 Å². The standard InChI is InChI=1S/C21H18O6/c1-21(2,3)20(23)26-13-5-6-14-16(10-13)27-18(19(14)22)9-12-4-7-15-17(8-12)25-11-24-15/h4-10H,11H2,1-3H3/b18-9-. The van der Waals surface area contributed by atoms with Crippen molar-refractivity contribution in [3.63, 3.8) is 0 Å². The lowest BCUT2D eigenvalue weighted by atomic mass is 9.97. The average molecular weight is 366 g/mol. The van der Waals surface area contributed by atoms with Gasteiger partial charge in [-0.2, -0.15) is 0 Å². The third-order valence-corrected chi connectivity index (χ3v) is 4.16. The summed E-state index contributed by atoms with van der Waals surface area (Å²) < 4.78 is 21.7. The molecule has 2 aliphatic heterocycles. The molecule has 0 saturated carbocycles. The minimum absolute atomic E-state index is 0.187. The van der Waals surface area contributed by atoms with Crippen LogP contribution in [0.25, 0.3) is 6.08 Å². The fraction of sp³-hybridized carbons (Fsp3) is 0.238. The van der Waals surface area contributed by atoms with Gasteiger partial charge in [0.15, 0.2) is 17.3 Å². The molecule has 2 aromatic carbocycles. The van der Waals surface area contributed by atoms with Crippen molar-refractivity contribution in [2.75, 3.05) is 6.79 Å². The molecule has 0 fully saturated rings. The predicted molar refractivity (Wildman–Crippen MR) is 97.0 cm³/mol. The van der Waals surface area contributed by atoms with Gasteiger partial charge in [0.25, 0.3) is 0 Å². The SMILES string of the molecule is CC(C)(C)C(=O)Oc1ccc2c(c1)O/C(=C\c1ccc3c(c1)OCO3)C2=O. The van der Waals surface area contributed by atoms with Crippen LogP contribution in [0.1, 0.15) is 36.7 Å². The summed E-state index contributed by atoms with van der Waals surface area (Å²) in [4.78, 5) is 24.6. The van der Waals surface area contributed by atoms with E-state index in [4.69, 9.17) is 18.9 Å². The van der Waals surface area contributed by atoms with E-state index in [1.807, 2.05) is 6.07 Å². The van der Waals surface area contributed by atoms with Crippen molar-refractivity contribution in [1.29, 1.82) is 0 Å². The molecule has 0 saturated heterocycles. The number of hydrogen-bond acceptors (Lipinski definition) is 6. The monoisotopic (exact) mass is 366 g/mol. The normalized spacial score (nSPS) is 16.3. The second-order valence-corrected chi connectivity index (χ2v) is 7.35. The topological polar surface area (TPSA) is 71.1 Å². The maximum Gasteiger partial charge on any atom is 0.316 e. The minimum Gasteiger partial charge on any atom is -0.454 e. The van der Waals surface area contributed by atoms with Crippen LogP contribution < -0.4 is 18.9 Å². The molecule has 0 amide bonds. The van der Waals surface area contributed by atoms with Crippen molar-refractivity contribution in [3.8, 4) is 23.0 Å². The lowest BCUT2D eigenvalue weighted by Gasteiger charge is -2.16. The van der Waals surface area contributed by atoms with Crippen molar-refractivity contribution < 1.29 is 28.5 Å². The van der Waals surface area contributed by atoms with Gasteiger partial charge in [0.1, 0.15) is 11.5 Å². The van der Waals surface area contributed by atoms with E-state index in [1.54, 1.807) is 57.2 Å². The molecule has 0 bridgehead atoms. The Morgan fingerprint density at radius 1 is 1.04 bits per heavy atom. The van der Waals surface area contributed by atoms with Gasteiger partial charge < -0.3 is 18.9 Å². The summed E-state index contributed by atoms with van der Waals surface area (Å²) in [7, 11) is 0. The molecule has 6 nitrogen and oxygen atoms in total. The van der Waals surface area contributed by atoms with Gasteiger partial charge in [0.05, 0.1) is 11.0 Å². The van der Waals surface area contributed by atoms with Crippen LogP contribution in [0.3, 0.4) is 0 Å². The van der Waals surface area contributed by atoms with Gasteiger partial charge in [0, 0.05) is 6.07 Å². The van der Waals surface area contributed by atoms with E-state index in [0.717, 1.165) is 5.56 Å². The second-order valence-electron chi connectivity index (χ2n) is 7.35. The van der Waals surface area contributed by atoms with Crippen LogP contribution in [0, 0.1) is 5.41 Å². The van der Waals surface area contributed by atoms with Crippen LogP contribution >= 0.6 is 0 Å². The maximum atomic E-state index is 12.6. The molecule has 2 aliphatic rings. The highest BCUT2D eigenvalue weighted by atomic mass is 16.7. The van der Waals surface area contributed by atoms with Crippen molar-refractivity contribution >= 4 is 17.8 Å². The molecular formula is C21H18O6. The molecule has 0 N–H and O–H groups in total. The number of esters is 1. The van der Waals surface area contributed by atoms with Gasteiger partial charge in [-0.1, -0.05) is 6.07 Å². The lowest BCUT2D eigenvalue weighted by molar-refractivity contribution is -0.143. The molecule has 0 aromatic heterocycles. The van der Waals surface area contributed by atoms with Gasteiger partial charge in [0.2, 0.25) is 12.6 Å². The maximum absolute atomic E-state index is 12.6. The fourth-order valence-electron chi connectivity index (χ4n) is 2.65. The third-order valence-electron chi connectivity index (χ3n) is 4.16. The number of Topliss-reactive ketones (excluding diaryl/α,β-unsaturated/α-hetero) is 1. The molecule has 0 spiro atoms. The Hall–Kier alpha value is -3.28. The minimum atomic E-state index is -0.625. The third kappa shape index (κ3) is 3.26. The van der Waals surface area contributed by atoms with Crippen molar-refractivity contribution in [2.45, 2.75) is 20.8 Å². The summed E-state index contributed by atoms with van der Waals surface area (Å²) in [5.74, 6) is 1.62. The average Bonchev–Trinajstić information content (AvgIpc) is 3.18. The first-order valence-corrected chi connectivity index (χ1v) is 8.51. The number of ketones is 1. The molecule has 4 rings (SSSR count). The van der Waals surface area contributed by atoms with Crippen LogP contribution in [-0.4, -0.2) is 18.5 Å². The summed E-state index contributed by atoms with van der Waals surface area (Å²) in [5, 5.41) is 0. The van der Waals surface area contributed by atoms with Crippen molar-refractivity contribution in [1.82, 2.24) is 0 Å². The van der Waals surface area contributed by atoms with E-state index in [2.05, 4.69) is 0 Å². The number of benzene rings is 2. The summed E-state index contributed by atoms with van der Waals surface area (Å²) in [5.41, 5.74) is 0.562. The van der Waals surface area contributed by atoms with Gasteiger partial charge >= 0.3 is 5.97 Å². The largest absolute Gasteiger partial charge is 0.454 e. The molecule has 2 aromatic rings. The van der Waals surface area contributed by atoms with E-state index in [1.165, 1.54) is 0 Å². The number of ether oxygens (including phenoxy) is 4. The highest BCUT2D eigenvalue weighted by molar-refractivity contribution is 6.14. The number of hydrogen-bond donors (Lipinski definition) is 0. The molecule has 0 atom stereocenters. The number of fused-ring (bicyclic) bond motifs is 2. The van der Waals surface area contributed by atoms with Gasteiger partial charge in [-0.3, -0.25) is 9.59 Å². The Balaban J connectivity index is 1.57. The quantitative estimate of drug-likeness (QED) is 0.455. The lowest BCUT2D eigenvalue weighted by Crippen LogP contribution is -2.25. The van der Waals surface area contributed by atoms with Crippen LogP contribution in [0.2, 0.25) is 0 Å². The van der Waals surface area contributed by atoms with Gasteiger partial charge in [-0.15, -0.1) is 0 Å². The summed E-state index contributed by atoms with van der Waals surface area (Å²) in [6.07, 6.45) is 1.64. The zero-order chi connectivity index (χ0) is 19.2. The first-order chi connectivity index (χ1) is 12.8. The zero-order valence-corrected chi connectivity index (χ0v) is 15.2. The highest BCUT2D eigenvalue weighted by Crippen LogP contribution is 2.37. The van der Waals surface area contributed by atoms with E-state index in [0.29, 0.717) is 28.6 Å². The zero-order valence-electron chi connectivity index (χ0n) is 15.2. The van der Waals surface area contributed by atoms with Crippen LogP contribution in [0.15, 0.2) is 42.2 Å². The molecular weight excluding hydrogens is 348 g/mol. The Morgan fingerprint density at radius 2 is 1.81 bits per heavy atom. The molecule has 138 valence electrons. The molecule has 27 heavy (non-hydrogen) atoms. The second kappa shape index (κ2) is 6.16. The van der Waals surface area contributed by atoms with Gasteiger partial charge in [-0.05, 0) is 56.7 Å². The summed E-state index contributed by atoms with van der Waals surface area (Å²) in [6.45, 7) is 5.51. The van der Waals surface area contributed by atoms with Crippen LogP contribution in [0.4, 0.5) is 0 Å². The van der Waals surface area contributed by atoms with E-state index >= 15 is 0 Å². The summed E-state index contributed by atoms with van der Waals surface area (Å²) >= 11 is 0. The van der Waals surface area contributed by atoms with Crippen LogP contribution in [0.5, 0.6) is 23.0 Å². The molecule has 0 unspecified atom stereocenters. The highest BCUT2D eigenvalue weighted by Gasteiger charge is 2.29. The van der Waals surface area contributed by atoms with Crippen LogP contribution in [-0.2, 0) is 4.79 Å². The Labute approximate surface area is 156 Å². The molecule has 6 heteroatoms. The number of carbonyl (C=O) groups excluding carboxylic acids is 2. The first-order valence-electron chi connectivity index (χ1n) is 8.51. The van der Waals surface area contributed by atoms with E-state index in [-0.39, 0.29) is 24.3 Å². The number of allylic oxidation sites excluding steroid dienone is 1. The summed E-state index contributed by atoms with van der Waals surface area (Å²) in [6, 6.07) is 10.1. The van der Waals surface area contributed by atoms with Crippen molar-refractivity contribution in [3.05, 3.63) is 53.3 Å².